The molecule has 1 aromatic heterocycles. The molecule has 2 aliphatic rings. The summed E-state index contributed by atoms with van der Waals surface area (Å²) in [5.74, 6) is 1.76. The molecule has 6 nitrogen and oxygen atoms in total. The van der Waals surface area contributed by atoms with E-state index in [-0.39, 0.29) is 12.0 Å². The number of hydrogen-bond acceptors (Lipinski definition) is 6. The normalized spacial score (nSPS) is 33.3. The topological polar surface area (TPSA) is 65.6 Å². The van der Waals surface area contributed by atoms with Gasteiger partial charge in [-0.05, 0) is 26.9 Å². The molecule has 1 aromatic rings. The lowest BCUT2D eigenvalue weighted by Gasteiger charge is -2.37. The first kappa shape index (κ1) is 13.0. The van der Waals surface area contributed by atoms with Gasteiger partial charge < -0.3 is 19.4 Å². The van der Waals surface area contributed by atoms with Gasteiger partial charge >= 0.3 is 0 Å². The maximum atomic E-state index is 9.31. The van der Waals surface area contributed by atoms with Gasteiger partial charge in [0.05, 0.1) is 6.10 Å². The molecule has 19 heavy (non-hydrogen) atoms. The molecule has 1 N–H and O–H groups in total. The fourth-order valence-electron chi connectivity index (χ4n) is 2.84. The molecule has 1 saturated heterocycles. The molecule has 2 fully saturated rings. The summed E-state index contributed by atoms with van der Waals surface area (Å²) in [6.45, 7) is 3.24. The highest BCUT2D eigenvalue weighted by molar-refractivity contribution is 5.02. The average Bonchev–Trinajstić information content (AvgIpc) is 2.78. The summed E-state index contributed by atoms with van der Waals surface area (Å²) in [5, 5.41) is 13.4. The van der Waals surface area contributed by atoms with Gasteiger partial charge in [-0.15, -0.1) is 0 Å². The summed E-state index contributed by atoms with van der Waals surface area (Å²) >= 11 is 0. The Balaban J connectivity index is 1.60. The Hall–Kier alpha value is -0.980. The van der Waals surface area contributed by atoms with E-state index < -0.39 is 0 Å². The van der Waals surface area contributed by atoms with Crippen LogP contribution in [0.15, 0.2) is 4.52 Å². The second-order valence-corrected chi connectivity index (χ2v) is 5.97. The van der Waals surface area contributed by atoms with Crippen LogP contribution in [0.5, 0.6) is 0 Å². The monoisotopic (exact) mass is 266 g/mol. The van der Waals surface area contributed by atoms with E-state index in [2.05, 4.69) is 34.0 Å². The van der Waals surface area contributed by atoms with Gasteiger partial charge in [0, 0.05) is 38.0 Å². The van der Waals surface area contributed by atoms with Crippen LogP contribution < -0.4 is 0 Å². The van der Waals surface area contributed by atoms with E-state index in [4.69, 9.17) is 4.52 Å². The Kier molecular flexibility index (Phi) is 3.56. The summed E-state index contributed by atoms with van der Waals surface area (Å²) in [7, 11) is 4.30. The molecule has 1 saturated carbocycles. The third-order valence-corrected chi connectivity index (χ3v) is 4.34. The van der Waals surface area contributed by atoms with Crippen LogP contribution in [0.4, 0.5) is 0 Å². The van der Waals surface area contributed by atoms with E-state index in [0.29, 0.717) is 11.9 Å². The van der Waals surface area contributed by atoms with Crippen LogP contribution in [0.1, 0.15) is 30.5 Å². The van der Waals surface area contributed by atoms with Gasteiger partial charge in [-0.2, -0.15) is 4.98 Å². The molecular formula is C13H22N4O2. The van der Waals surface area contributed by atoms with E-state index in [0.717, 1.165) is 44.7 Å². The molecule has 1 unspecified atom stereocenters. The predicted molar refractivity (Wildman–Crippen MR) is 69.9 cm³/mol. The van der Waals surface area contributed by atoms with Crippen molar-refractivity contribution in [2.45, 2.75) is 37.3 Å². The minimum Gasteiger partial charge on any atom is -0.393 e. The molecule has 1 aliphatic heterocycles. The maximum absolute atomic E-state index is 9.31. The average molecular weight is 266 g/mol. The molecule has 106 valence electrons. The van der Waals surface area contributed by atoms with Crippen molar-refractivity contribution in [2.24, 2.45) is 0 Å². The lowest BCUT2D eigenvalue weighted by Crippen LogP contribution is -2.50. The lowest BCUT2D eigenvalue weighted by molar-refractivity contribution is 0.0625. The molecule has 6 heteroatoms. The fraction of sp³-hybridized carbons (Fsp3) is 0.846. The fourth-order valence-corrected chi connectivity index (χ4v) is 2.84. The van der Waals surface area contributed by atoms with Gasteiger partial charge in [0.1, 0.15) is 0 Å². The number of aromatic nitrogens is 2. The molecule has 1 aliphatic carbocycles. The quantitative estimate of drug-likeness (QED) is 0.837. The molecule has 1 atom stereocenters. The summed E-state index contributed by atoms with van der Waals surface area (Å²) in [6.07, 6.45) is 2.17. The first-order valence-corrected chi connectivity index (χ1v) is 7.01. The zero-order valence-corrected chi connectivity index (χ0v) is 11.6. The number of rotatable bonds is 3. The van der Waals surface area contributed by atoms with Crippen molar-refractivity contribution < 1.29 is 9.63 Å². The SMILES string of the molecule is CN1CCN(C)C(Cc2noc(C3CC(O)C3)n2)C1. The highest BCUT2D eigenvalue weighted by Gasteiger charge is 2.33. The Morgan fingerprint density at radius 1 is 1.32 bits per heavy atom. The van der Waals surface area contributed by atoms with Crippen molar-refractivity contribution in [3.05, 3.63) is 11.7 Å². The smallest absolute Gasteiger partial charge is 0.229 e. The molecule has 0 aromatic carbocycles. The van der Waals surface area contributed by atoms with Crippen molar-refractivity contribution >= 4 is 0 Å². The van der Waals surface area contributed by atoms with Crippen LogP contribution in [-0.4, -0.2) is 70.9 Å². The third kappa shape index (κ3) is 2.80. The first-order chi connectivity index (χ1) is 9.11. The molecule has 3 rings (SSSR count). The van der Waals surface area contributed by atoms with Crippen LogP contribution in [0.25, 0.3) is 0 Å². The van der Waals surface area contributed by atoms with Crippen LogP contribution in [-0.2, 0) is 6.42 Å². The Bertz CT molecular complexity index is 430. The zero-order chi connectivity index (χ0) is 13.4. The summed E-state index contributed by atoms with van der Waals surface area (Å²) in [5.41, 5.74) is 0. The van der Waals surface area contributed by atoms with E-state index in [1.807, 2.05) is 0 Å². The summed E-state index contributed by atoms with van der Waals surface area (Å²) in [4.78, 5) is 9.19. The minimum absolute atomic E-state index is 0.182. The molecule has 0 spiro atoms. The molecule has 0 amide bonds. The first-order valence-electron chi connectivity index (χ1n) is 7.01. The number of aliphatic hydroxyl groups excluding tert-OH is 1. The van der Waals surface area contributed by atoms with Crippen LogP contribution in [0.3, 0.4) is 0 Å². The number of likely N-dealkylation sites (N-methyl/N-ethyl adjacent to an activating group) is 2. The second-order valence-electron chi connectivity index (χ2n) is 5.97. The van der Waals surface area contributed by atoms with Gasteiger partial charge in [-0.3, -0.25) is 0 Å². The zero-order valence-electron chi connectivity index (χ0n) is 11.6. The van der Waals surface area contributed by atoms with E-state index in [1.165, 1.54) is 0 Å². The van der Waals surface area contributed by atoms with Crippen LogP contribution >= 0.6 is 0 Å². The largest absolute Gasteiger partial charge is 0.393 e. The van der Waals surface area contributed by atoms with Crippen LogP contribution in [0.2, 0.25) is 0 Å². The van der Waals surface area contributed by atoms with Crippen LogP contribution in [0, 0.1) is 0 Å². The Morgan fingerprint density at radius 3 is 2.84 bits per heavy atom. The number of hydrogen-bond donors (Lipinski definition) is 1. The molecular weight excluding hydrogens is 244 g/mol. The van der Waals surface area contributed by atoms with Gasteiger partial charge in [0.15, 0.2) is 5.82 Å². The van der Waals surface area contributed by atoms with Gasteiger partial charge in [-0.25, -0.2) is 0 Å². The van der Waals surface area contributed by atoms with E-state index in [1.54, 1.807) is 0 Å². The van der Waals surface area contributed by atoms with Gasteiger partial charge in [0.25, 0.3) is 0 Å². The summed E-state index contributed by atoms with van der Waals surface area (Å²) in [6, 6.07) is 0.455. The van der Waals surface area contributed by atoms with Crippen molar-refractivity contribution in [2.75, 3.05) is 33.7 Å². The molecule has 0 radical (unpaired) electrons. The molecule has 2 heterocycles. The van der Waals surface area contributed by atoms with E-state index >= 15 is 0 Å². The van der Waals surface area contributed by atoms with Crippen molar-refractivity contribution in [1.82, 2.24) is 19.9 Å². The van der Waals surface area contributed by atoms with E-state index in [9.17, 15) is 5.11 Å². The predicted octanol–water partition coefficient (Wildman–Crippen LogP) is 0.0962. The van der Waals surface area contributed by atoms with Gasteiger partial charge in [-0.1, -0.05) is 5.16 Å². The highest BCUT2D eigenvalue weighted by Crippen LogP contribution is 2.35. The minimum atomic E-state index is -0.182. The van der Waals surface area contributed by atoms with Crippen molar-refractivity contribution in [1.29, 1.82) is 0 Å². The third-order valence-electron chi connectivity index (χ3n) is 4.34. The van der Waals surface area contributed by atoms with Crippen molar-refractivity contribution in [3.8, 4) is 0 Å². The Labute approximate surface area is 113 Å². The second kappa shape index (κ2) is 5.19. The number of piperazine rings is 1. The van der Waals surface area contributed by atoms with Crippen molar-refractivity contribution in [3.63, 3.8) is 0 Å². The highest BCUT2D eigenvalue weighted by atomic mass is 16.5. The number of nitrogens with zero attached hydrogens (tertiary/aromatic N) is 4. The van der Waals surface area contributed by atoms with Gasteiger partial charge in [0.2, 0.25) is 5.89 Å². The lowest BCUT2D eigenvalue weighted by atomic mass is 9.82. The maximum Gasteiger partial charge on any atom is 0.229 e. The number of aliphatic hydroxyl groups is 1. The Morgan fingerprint density at radius 2 is 2.11 bits per heavy atom. The molecule has 0 bridgehead atoms. The summed E-state index contributed by atoms with van der Waals surface area (Å²) < 4.78 is 5.32. The standard InChI is InChI=1S/C13H22N4O2/c1-16-3-4-17(2)10(8-16)7-12-14-13(19-15-12)9-5-11(18)6-9/h9-11,18H,3-8H2,1-2H3.